The van der Waals surface area contributed by atoms with E-state index in [4.69, 9.17) is 4.74 Å². The molecule has 0 aromatic heterocycles. The molecule has 0 saturated carbocycles. The summed E-state index contributed by atoms with van der Waals surface area (Å²) in [6.07, 6.45) is 4.39. The smallest absolute Gasteiger partial charge is 0.191 e. The second-order valence-corrected chi connectivity index (χ2v) is 7.98. The van der Waals surface area contributed by atoms with Crippen molar-refractivity contribution in [1.29, 1.82) is 0 Å². The maximum Gasteiger partial charge on any atom is 0.191 e. The van der Waals surface area contributed by atoms with Gasteiger partial charge in [-0.25, -0.2) is 4.99 Å². The number of aliphatic imine (C=N–C) groups is 1. The lowest BCUT2D eigenvalue weighted by Crippen LogP contribution is -2.52. The topological polar surface area (TPSA) is 72.4 Å². The Bertz CT molecular complexity index is 679. The van der Waals surface area contributed by atoms with Crippen molar-refractivity contribution >= 4 is 35.6 Å². The number of rotatable bonds is 8. The van der Waals surface area contributed by atoms with Gasteiger partial charge in [-0.05, 0) is 31.5 Å². The first kappa shape index (κ1) is 24.9. The van der Waals surface area contributed by atoms with Crippen LogP contribution in [-0.4, -0.2) is 80.6 Å². The van der Waals surface area contributed by atoms with Gasteiger partial charge in [0.05, 0.1) is 25.4 Å². The highest BCUT2D eigenvalue weighted by Crippen LogP contribution is 2.18. The molecule has 8 heteroatoms. The number of β-amino-alcohol motifs (C(OH)–C–C–N with tert-alkyl or cyclic N) is 1. The molecule has 1 fully saturated rings. The lowest BCUT2D eigenvalue weighted by Gasteiger charge is -2.34. The Hall–Kier alpha value is -1.36. The number of hydrogen-bond acceptors (Lipinski definition) is 5. The van der Waals surface area contributed by atoms with Crippen LogP contribution in [-0.2, 0) is 11.3 Å². The zero-order valence-electron chi connectivity index (χ0n) is 18.1. The highest BCUT2D eigenvalue weighted by atomic mass is 127. The van der Waals surface area contributed by atoms with Crippen molar-refractivity contribution in [2.75, 3.05) is 63.9 Å². The van der Waals surface area contributed by atoms with Gasteiger partial charge in [-0.1, -0.05) is 24.3 Å². The fraction of sp³-hybridized carbons (Fsp3) is 0.591. The Morgan fingerprint density at radius 3 is 2.43 bits per heavy atom. The number of benzene rings is 1. The molecule has 168 valence electrons. The molecule has 2 aliphatic heterocycles. The van der Waals surface area contributed by atoms with Gasteiger partial charge in [0.25, 0.3) is 0 Å². The van der Waals surface area contributed by atoms with Crippen molar-refractivity contribution < 1.29 is 9.84 Å². The van der Waals surface area contributed by atoms with Gasteiger partial charge >= 0.3 is 0 Å². The van der Waals surface area contributed by atoms with Crippen LogP contribution in [0.3, 0.4) is 0 Å². The number of halogens is 1. The van der Waals surface area contributed by atoms with E-state index in [1.807, 2.05) is 13.8 Å². The molecule has 1 atom stereocenters. The summed E-state index contributed by atoms with van der Waals surface area (Å²) < 4.78 is 5.38. The number of anilines is 1. The Labute approximate surface area is 197 Å². The maximum atomic E-state index is 10.8. The summed E-state index contributed by atoms with van der Waals surface area (Å²) in [7, 11) is 0. The molecule has 3 rings (SSSR count). The van der Waals surface area contributed by atoms with E-state index < -0.39 is 5.60 Å². The minimum Gasteiger partial charge on any atom is -0.387 e. The SMILES string of the molecule is CCNC(=NCc1ccc(N2CC=CC2)cc1)NCC(C)(O)CN1CCOCC1.I. The molecule has 1 saturated heterocycles. The van der Waals surface area contributed by atoms with Crippen LogP contribution in [0.4, 0.5) is 5.69 Å². The van der Waals surface area contributed by atoms with Gasteiger partial charge < -0.3 is 25.4 Å². The Morgan fingerprint density at radius 2 is 1.80 bits per heavy atom. The molecular formula is C22H36IN5O2. The summed E-state index contributed by atoms with van der Waals surface area (Å²) in [6.45, 7) is 11.5. The fourth-order valence-electron chi connectivity index (χ4n) is 3.58. The van der Waals surface area contributed by atoms with Crippen LogP contribution in [0.15, 0.2) is 41.4 Å². The predicted octanol–water partition coefficient (Wildman–Crippen LogP) is 1.82. The number of aliphatic hydroxyl groups is 1. The first-order valence-corrected chi connectivity index (χ1v) is 10.6. The molecule has 3 N–H and O–H groups in total. The third-order valence-electron chi connectivity index (χ3n) is 5.19. The molecule has 30 heavy (non-hydrogen) atoms. The van der Waals surface area contributed by atoms with E-state index in [9.17, 15) is 5.11 Å². The minimum absolute atomic E-state index is 0. The van der Waals surface area contributed by atoms with Crippen molar-refractivity contribution in [2.24, 2.45) is 4.99 Å². The van der Waals surface area contributed by atoms with Crippen LogP contribution in [0.5, 0.6) is 0 Å². The Balaban J connectivity index is 0.00000320. The number of hydrogen-bond donors (Lipinski definition) is 3. The molecule has 7 nitrogen and oxygen atoms in total. The van der Waals surface area contributed by atoms with Crippen molar-refractivity contribution in [3.05, 3.63) is 42.0 Å². The van der Waals surface area contributed by atoms with Crippen molar-refractivity contribution in [2.45, 2.75) is 26.0 Å². The molecular weight excluding hydrogens is 493 g/mol. The van der Waals surface area contributed by atoms with Gasteiger partial charge in [0.2, 0.25) is 0 Å². The third-order valence-corrected chi connectivity index (χ3v) is 5.19. The molecule has 0 amide bonds. The molecule has 1 aromatic carbocycles. The second-order valence-electron chi connectivity index (χ2n) is 7.98. The minimum atomic E-state index is -0.834. The van der Waals surface area contributed by atoms with Gasteiger partial charge in [-0.3, -0.25) is 4.90 Å². The summed E-state index contributed by atoms with van der Waals surface area (Å²) in [6, 6.07) is 8.58. The largest absolute Gasteiger partial charge is 0.387 e. The highest BCUT2D eigenvalue weighted by Gasteiger charge is 2.25. The predicted molar refractivity (Wildman–Crippen MR) is 134 cm³/mol. The average Bonchev–Trinajstić information content (AvgIpc) is 3.26. The summed E-state index contributed by atoms with van der Waals surface area (Å²) in [5.41, 5.74) is 1.57. The van der Waals surface area contributed by atoms with Crippen LogP contribution in [0.25, 0.3) is 0 Å². The quantitative estimate of drug-likeness (QED) is 0.207. The van der Waals surface area contributed by atoms with E-state index >= 15 is 0 Å². The molecule has 0 bridgehead atoms. The number of guanidine groups is 1. The fourth-order valence-corrected chi connectivity index (χ4v) is 3.58. The van der Waals surface area contributed by atoms with Crippen LogP contribution in [0.2, 0.25) is 0 Å². The van der Waals surface area contributed by atoms with Gasteiger partial charge in [0.15, 0.2) is 5.96 Å². The number of ether oxygens (including phenoxy) is 1. The number of nitrogens with one attached hydrogen (secondary N) is 2. The first-order valence-electron chi connectivity index (χ1n) is 10.6. The van der Waals surface area contributed by atoms with Crippen LogP contribution in [0.1, 0.15) is 19.4 Å². The van der Waals surface area contributed by atoms with Crippen molar-refractivity contribution in [3.8, 4) is 0 Å². The van der Waals surface area contributed by atoms with Gasteiger partial charge in [-0.15, -0.1) is 24.0 Å². The molecule has 0 spiro atoms. The zero-order chi connectivity index (χ0) is 20.5. The first-order chi connectivity index (χ1) is 14.1. The van der Waals surface area contributed by atoms with Crippen molar-refractivity contribution in [1.82, 2.24) is 15.5 Å². The highest BCUT2D eigenvalue weighted by molar-refractivity contribution is 14.0. The number of nitrogens with zero attached hydrogens (tertiary/aromatic N) is 3. The normalized spacial score (nSPS) is 19.3. The van der Waals surface area contributed by atoms with E-state index in [2.05, 4.69) is 61.8 Å². The summed E-state index contributed by atoms with van der Waals surface area (Å²) in [5.74, 6) is 0.725. The standard InChI is InChI=1S/C22H35N5O2.HI/c1-3-23-21(25-17-22(2,28)18-26-12-14-29-15-13-26)24-16-19-6-8-20(9-7-19)27-10-4-5-11-27;/h4-9,28H,3,10-18H2,1-2H3,(H2,23,24,25);1H. The van der Waals surface area contributed by atoms with Gasteiger partial charge in [0, 0.05) is 51.5 Å². The lowest BCUT2D eigenvalue weighted by molar-refractivity contribution is -0.0201. The third kappa shape index (κ3) is 8.05. The van der Waals surface area contributed by atoms with E-state index in [0.717, 1.165) is 57.5 Å². The van der Waals surface area contributed by atoms with E-state index in [1.165, 1.54) is 5.69 Å². The Kier molecular flexibility index (Phi) is 10.4. The van der Waals surface area contributed by atoms with Crippen LogP contribution in [0, 0.1) is 0 Å². The molecule has 2 aliphatic rings. The second kappa shape index (κ2) is 12.5. The van der Waals surface area contributed by atoms with Crippen LogP contribution >= 0.6 is 24.0 Å². The molecule has 0 radical (unpaired) electrons. The van der Waals surface area contributed by atoms with Crippen molar-refractivity contribution in [3.63, 3.8) is 0 Å². The van der Waals surface area contributed by atoms with E-state index in [1.54, 1.807) is 0 Å². The van der Waals surface area contributed by atoms with Gasteiger partial charge in [-0.2, -0.15) is 0 Å². The molecule has 1 aromatic rings. The summed E-state index contributed by atoms with van der Waals surface area (Å²) in [5, 5.41) is 17.3. The summed E-state index contributed by atoms with van der Waals surface area (Å²) in [4.78, 5) is 9.26. The average molecular weight is 529 g/mol. The molecule has 0 aliphatic carbocycles. The molecule has 1 unspecified atom stereocenters. The van der Waals surface area contributed by atoms with Gasteiger partial charge in [0.1, 0.15) is 0 Å². The lowest BCUT2D eigenvalue weighted by atomic mass is 10.1. The molecule has 2 heterocycles. The Morgan fingerprint density at radius 1 is 1.13 bits per heavy atom. The van der Waals surface area contributed by atoms with Crippen LogP contribution < -0.4 is 15.5 Å². The monoisotopic (exact) mass is 529 g/mol. The zero-order valence-corrected chi connectivity index (χ0v) is 20.5. The maximum absolute atomic E-state index is 10.8. The summed E-state index contributed by atoms with van der Waals surface area (Å²) >= 11 is 0. The number of morpholine rings is 1. The van der Waals surface area contributed by atoms with E-state index in [-0.39, 0.29) is 24.0 Å². The van der Waals surface area contributed by atoms with E-state index in [0.29, 0.717) is 19.6 Å².